The van der Waals surface area contributed by atoms with E-state index in [0.717, 1.165) is 5.56 Å². The monoisotopic (exact) mass is 313 g/mol. The van der Waals surface area contributed by atoms with Gasteiger partial charge >= 0.3 is 0 Å². The van der Waals surface area contributed by atoms with Gasteiger partial charge in [0.15, 0.2) is 0 Å². The normalized spacial score (nSPS) is 10.6. The standard InChI is InChI=1S/C15H14Cl2FNO/c16-14-6-1-11(9-15(14)17)10-19-7-8-20-13-4-2-12(18)3-5-13/h1-6,9,19H,7-8,10H2. The minimum Gasteiger partial charge on any atom is -0.492 e. The van der Waals surface area contributed by atoms with Crippen molar-refractivity contribution in [2.75, 3.05) is 13.2 Å². The van der Waals surface area contributed by atoms with Crippen molar-refractivity contribution < 1.29 is 9.13 Å². The van der Waals surface area contributed by atoms with Gasteiger partial charge in [0.05, 0.1) is 10.0 Å². The molecule has 0 saturated heterocycles. The number of benzene rings is 2. The molecule has 0 spiro atoms. The van der Waals surface area contributed by atoms with Gasteiger partial charge in [-0.15, -0.1) is 0 Å². The predicted octanol–water partition coefficient (Wildman–Crippen LogP) is 4.30. The fraction of sp³-hybridized carbons (Fsp3) is 0.200. The van der Waals surface area contributed by atoms with E-state index in [1.165, 1.54) is 12.1 Å². The first-order valence-electron chi connectivity index (χ1n) is 6.18. The Balaban J connectivity index is 1.68. The molecule has 2 nitrogen and oxygen atoms in total. The lowest BCUT2D eigenvalue weighted by Gasteiger charge is -2.08. The van der Waals surface area contributed by atoms with Crippen LogP contribution in [0.3, 0.4) is 0 Å². The van der Waals surface area contributed by atoms with Crippen molar-refractivity contribution in [3.8, 4) is 5.75 Å². The highest BCUT2D eigenvalue weighted by atomic mass is 35.5. The van der Waals surface area contributed by atoms with Crippen LogP contribution in [0.4, 0.5) is 4.39 Å². The van der Waals surface area contributed by atoms with E-state index in [1.54, 1.807) is 18.2 Å². The van der Waals surface area contributed by atoms with Crippen LogP contribution in [-0.2, 0) is 6.54 Å². The summed E-state index contributed by atoms with van der Waals surface area (Å²) in [5, 5.41) is 4.33. The number of rotatable bonds is 6. The fourth-order valence-electron chi connectivity index (χ4n) is 1.65. The average molecular weight is 314 g/mol. The Morgan fingerprint density at radius 3 is 2.45 bits per heavy atom. The number of ether oxygens (including phenoxy) is 1. The molecule has 0 radical (unpaired) electrons. The second-order valence-electron chi connectivity index (χ2n) is 4.23. The van der Waals surface area contributed by atoms with Crippen LogP contribution in [0.1, 0.15) is 5.56 Å². The Labute approximate surface area is 127 Å². The molecule has 2 aromatic carbocycles. The van der Waals surface area contributed by atoms with Gasteiger partial charge in [0.2, 0.25) is 0 Å². The minimum atomic E-state index is -0.268. The van der Waals surface area contributed by atoms with Crippen LogP contribution in [0.25, 0.3) is 0 Å². The summed E-state index contributed by atoms with van der Waals surface area (Å²) in [5.41, 5.74) is 1.06. The van der Waals surface area contributed by atoms with E-state index < -0.39 is 0 Å². The van der Waals surface area contributed by atoms with E-state index in [4.69, 9.17) is 27.9 Å². The molecule has 0 fully saturated rings. The molecule has 5 heteroatoms. The second kappa shape index (κ2) is 7.48. The van der Waals surface area contributed by atoms with Gasteiger partial charge in [-0.25, -0.2) is 4.39 Å². The second-order valence-corrected chi connectivity index (χ2v) is 5.04. The largest absolute Gasteiger partial charge is 0.492 e. The highest BCUT2D eigenvalue weighted by Gasteiger charge is 1.99. The molecule has 0 bridgehead atoms. The van der Waals surface area contributed by atoms with E-state index >= 15 is 0 Å². The molecule has 0 aliphatic heterocycles. The van der Waals surface area contributed by atoms with E-state index in [2.05, 4.69) is 5.32 Å². The van der Waals surface area contributed by atoms with E-state index in [-0.39, 0.29) is 5.82 Å². The Morgan fingerprint density at radius 2 is 1.75 bits per heavy atom. The summed E-state index contributed by atoms with van der Waals surface area (Å²) in [4.78, 5) is 0. The molecule has 2 rings (SSSR count). The molecular formula is C15H14Cl2FNO. The maximum absolute atomic E-state index is 12.7. The first kappa shape index (κ1) is 15.1. The molecule has 106 valence electrons. The van der Waals surface area contributed by atoms with Crippen molar-refractivity contribution in [2.45, 2.75) is 6.54 Å². The Kier molecular flexibility index (Phi) is 5.65. The SMILES string of the molecule is Fc1ccc(OCCNCc2ccc(Cl)c(Cl)c2)cc1. The van der Waals surface area contributed by atoms with Gasteiger partial charge in [-0.1, -0.05) is 29.3 Å². The van der Waals surface area contributed by atoms with Gasteiger partial charge in [-0.2, -0.15) is 0 Å². The molecule has 0 saturated carbocycles. The Morgan fingerprint density at radius 1 is 1.00 bits per heavy atom. The van der Waals surface area contributed by atoms with Crippen LogP contribution >= 0.6 is 23.2 Å². The van der Waals surface area contributed by atoms with Gasteiger partial charge < -0.3 is 10.1 Å². The maximum atomic E-state index is 12.7. The summed E-state index contributed by atoms with van der Waals surface area (Å²) >= 11 is 11.8. The van der Waals surface area contributed by atoms with Gasteiger partial charge in [-0.05, 0) is 42.0 Å². The molecule has 0 heterocycles. The zero-order chi connectivity index (χ0) is 14.4. The Hall–Kier alpha value is -1.29. The third-order valence-electron chi connectivity index (χ3n) is 2.67. The average Bonchev–Trinajstić information content (AvgIpc) is 2.44. The Bertz CT molecular complexity index is 560. The number of halogens is 3. The van der Waals surface area contributed by atoms with Gasteiger partial charge in [0, 0.05) is 13.1 Å². The summed E-state index contributed by atoms with van der Waals surface area (Å²) in [5.74, 6) is 0.387. The first-order chi connectivity index (χ1) is 9.65. The molecule has 2 aromatic rings. The van der Waals surface area contributed by atoms with Crippen molar-refractivity contribution in [1.29, 1.82) is 0 Å². The summed E-state index contributed by atoms with van der Waals surface area (Å²) in [7, 11) is 0. The molecule has 0 aromatic heterocycles. The van der Waals surface area contributed by atoms with Crippen LogP contribution in [0, 0.1) is 5.82 Å². The zero-order valence-corrected chi connectivity index (χ0v) is 12.2. The quantitative estimate of drug-likeness (QED) is 0.803. The smallest absolute Gasteiger partial charge is 0.123 e. The molecule has 0 atom stereocenters. The molecule has 0 unspecified atom stereocenters. The topological polar surface area (TPSA) is 21.3 Å². The maximum Gasteiger partial charge on any atom is 0.123 e. The van der Waals surface area contributed by atoms with E-state index in [1.807, 2.05) is 12.1 Å². The van der Waals surface area contributed by atoms with Crippen molar-refractivity contribution in [3.63, 3.8) is 0 Å². The fourth-order valence-corrected chi connectivity index (χ4v) is 1.97. The van der Waals surface area contributed by atoms with Crippen LogP contribution in [-0.4, -0.2) is 13.2 Å². The van der Waals surface area contributed by atoms with Crippen LogP contribution in [0.15, 0.2) is 42.5 Å². The van der Waals surface area contributed by atoms with Crippen molar-refractivity contribution in [1.82, 2.24) is 5.32 Å². The summed E-state index contributed by atoms with van der Waals surface area (Å²) in [6, 6.07) is 11.5. The minimum absolute atomic E-state index is 0.268. The lowest BCUT2D eigenvalue weighted by Crippen LogP contribution is -2.20. The first-order valence-corrected chi connectivity index (χ1v) is 6.94. The molecule has 0 aliphatic rings. The zero-order valence-electron chi connectivity index (χ0n) is 10.7. The van der Waals surface area contributed by atoms with Gasteiger partial charge in [-0.3, -0.25) is 0 Å². The van der Waals surface area contributed by atoms with Crippen molar-refractivity contribution in [3.05, 3.63) is 63.9 Å². The molecule has 0 amide bonds. The van der Waals surface area contributed by atoms with Crippen LogP contribution in [0.5, 0.6) is 5.75 Å². The highest BCUT2D eigenvalue weighted by Crippen LogP contribution is 2.22. The van der Waals surface area contributed by atoms with Crippen molar-refractivity contribution >= 4 is 23.2 Å². The lowest BCUT2D eigenvalue weighted by atomic mass is 10.2. The summed E-state index contributed by atoms with van der Waals surface area (Å²) < 4.78 is 18.2. The van der Waals surface area contributed by atoms with E-state index in [0.29, 0.717) is 35.5 Å². The third kappa shape index (κ3) is 4.67. The number of hydrogen-bond acceptors (Lipinski definition) is 2. The van der Waals surface area contributed by atoms with E-state index in [9.17, 15) is 4.39 Å². The van der Waals surface area contributed by atoms with Crippen LogP contribution in [0.2, 0.25) is 10.0 Å². The third-order valence-corrected chi connectivity index (χ3v) is 3.41. The van der Waals surface area contributed by atoms with Crippen LogP contribution < -0.4 is 10.1 Å². The predicted molar refractivity (Wildman–Crippen MR) is 80.1 cm³/mol. The van der Waals surface area contributed by atoms with Crippen molar-refractivity contribution in [2.24, 2.45) is 0 Å². The number of hydrogen-bond donors (Lipinski definition) is 1. The summed E-state index contributed by atoms with van der Waals surface area (Å²) in [6.45, 7) is 1.87. The highest BCUT2D eigenvalue weighted by molar-refractivity contribution is 6.42. The lowest BCUT2D eigenvalue weighted by molar-refractivity contribution is 0.313. The molecule has 1 N–H and O–H groups in total. The molecule has 20 heavy (non-hydrogen) atoms. The number of nitrogens with one attached hydrogen (secondary N) is 1. The summed E-state index contributed by atoms with van der Waals surface area (Å²) in [6.07, 6.45) is 0. The van der Waals surface area contributed by atoms with Gasteiger partial charge in [0.25, 0.3) is 0 Å². The van der Waals surface area contributed by atoms with Gasteiger partial charge in [0.1, 0.15) is 18.2 Å². The molecule has 0 aliphatic carbocycles. The molecular weight excluding hydrogens is 300 g/mol.